The molecular formula is C16H20OS. The van der Waals surface area contributed by atoms with Gasteiger partial charge in [0, 0.05) is 9.75 Å². The van der Waals surface area contributed by atoms with Crippen molar-refractivity contribution in [1.82, 2.24) is 0 Å². The fourth-order valence-electron chi connectivity index (χ4n) is 1.97. The zero-order valence-electron chi connectivity index (χ0n) is 11.4. The van der Waals surface area contributed by atoms with Crippen LogP contribution in [0.4, 0.5) is 0 Å². The highest BCUT2D eigenvalue weighted by Crippen LogP contribution is 2.37. The van der Waals surface area contributed by atoms with Gasteiger partial charge in [0.1, 0.15) is 0 Å². The van der Waals surface area contributed by atoms with Gasteiger partial charge < -0.3 is 5.11 Å². The van der Waals surface area contributed by atoms with Crippen molar-refractivity contribution in [3.8, 4) is 10.4 Å². The minimum atomic E-state index is -0.429. The third-order valence-electron chi connectivity index (χ3n) is 3.02. The van der Waals surface area contributed by atoms with Gasteiger partial charge in [-0.1, -0.05) is 45.0 Å². The van der Waals surface area contributed by atoms with E-state index in [4.69, 9.17) is 0 Å². The first kappa shape index (κ1) is 13.3. The molecule has 0 unspecified atom stereocenters. The summed E-state index contributed by atoms with van der Waals surface area (Å²) in [5.41, 5.74) is 2.33. The monoisotopic (exact) mass is 260 g/mol. The maximum atomic E-state index is 9.84. The molecule has 0 radical (unpaired) electrons. The van der Waals surface area contributed by atoms with Crippen LogP contribution in [0.15, 0.2) is 36.4 Å². The van der Waals surface area contributed by atoms with Gasteiger partial charge in [0.2, 0.25) is 0 Å². The Morgan fingerprint density at radius 1 is 1.06 bits per heavy atom. The molecule has 96 valence electrons. The number of hydrogen-bond donors (Lipinski definition) is 1. The third kappa shape index (κ3) is 2.65. The highest BCUT2D eigenvalue weighted by Gasteiger charge is 2.18. The Labute approximate surface area is 113 Å². The topological polar surface area (TPSA) is 20.2 Å². The molecule has 2 aromatic rings. The highest BCUT2D eigenvalue weighted by molar-refractivity contribution is 7.15. The lowest BCUT2D eigenvalue weighted by Crippen LogP contribution is -2.07. The molecule has 1 heterocycles. The van der Waals surface area contributed by atoms with Gasteiger partial charge in [-0.3, -0.25) is 0 Å². The van der Waals surface area contributed by atoms with E-state index in [1.165, 1.54) is 9.75 Å². The van der Waals surface area contributed by atoms with Crippen molar-refractivity contribution in [3.63, 3.8) is 0 Å². The Hall–Kier alpha value is -1.12. The first-order valence-electron chi connectivity index (χ1n) is 6.27. The van der Waals surface area contributed by atoms with E-state index in [2.05, 4.69) is 39.0 Å². The van der Waals surface area contributed by atoms with Crippen LogP contribution in [0.25, 0.3) is 10.4 Å². The lowest BCUT2D eigenvalue weighted by molar-refractivity contribution is 0.200. The van der Waals surface area contributed by atoms with Crippen LogP contribution in [0, 0.1) is 0 Å². The zero-order chi connectivity index (χ0) is 13.3. The molecule has 0 amide bonds. The SMILES string of the molecule is C[C@H](O)c1ccccc1-c1ccc(C(C)(C)C)s1. The van der Waals surface area contributed by atoms with Crippen LogP contribution < -0.4 is 0 Å². The molecule has 0 aliphatic heterocycles. The summed E-state index contributed by atoms with van der Waals surface area (Å²) >= 11 is 1.81. The van der Waals surface area contributed by atoms with Crippen LogP contribution >= 0.6 is 11.3 Å². The van der Waals surface area contributed by atoms with E-state index >= 15 is 0 Å². The van der Waals surface area contributed by atoms with Gasteiger partial charge in [-0.05, 0) is 35.6 Å². The largest absolute Gasteiger partial charge is 0.389 e. The molecule has 2 heteroatoms. The molecule has 0 saturated carbocycles. The third-order valence-corrected chi connectivity index (χ3v) is 4.57. The van der Waals surface area contributed by atoms with E-state index in [0.717, 1.165) is 11.1 Å². The zero-order valence-corrected chi connectivity index (χ0v) is 12.2. The molecule has 0 aliphatic rings. The van der Waals surface area contributed by atoms with Crippen molar-refractivity contribution in [2.24, 2.45) is 0 Å². The van der Waals surface area contributed by atoms with E-state index in [0.29, 0.717) is 0 Å². The Kier molecular flexibility index (Phi) is 3.60. The average Bonchev–Trinajstić information content (AvgIpc) is 2.77. The smallest absolute Gasteiger partial charge is 0.0768 e. The Morgan fingerprint density at radius 2 is 1.72 bits per heavy atom. The van der Waals surface area contributed by atoms with E-state index in [-0.39, 0.29) is 5.41 Å². The lowest BCUT2D eigenvalue weighted by Gasteiger charge is -2.15. The first-order chi connectivity index (χ1) is 8.39. The summed E-state index contributed by atoms with van der Waals surface area (Å²) in [6, 6.07) is 12.4. The van der Waals surface area contributed by atoms with Crippen LogP contribution in [0.5, 0.6) is 0 Å². The fourth-order valence-corrected chi connectivity index (χ4v) is 3.08. The van der Waals surface area contributed by atoms with E-state index in [1.807, 2.05) is 36.5 Å². The van der Waals surface area contributed by atoms with E-state index in [9.17, 15) is 5.11 Å². The van der Waals surface area contributed by atoms with Gasteiger partial charge in [-0.15, -0.1) is 11.3 Å². The minimum absolute atomic E-state index is 0.183. The number of aliphatic hydroxyl groups excluding tert-OH is 1. The lowest BCUT2D eigenvalue weighted by atomic mass is 9.95. The van der Waals surface area contributed by atoms with Gasteiger partial charge in [-0.25, -0.2) is 0 Å². The molecule has 1 aromatic heterocycles. The summed E-state index contributed by atoms with van der Waals surface area (Å²) in [6.07, 6.45) is -0.429. The normalized spacial score (nSPS) is 13.6. The summed E-state index contributed by atoms with van der Waals surface area (Å²) in [4.78, 5) is 2.61. The fraction of sp³-hybridized carbons (Fsp3) is 0.375. The number of hydrogen-bond acceptors (Lipinski definition) is 2. The second-order valence-electron chi connectivity index (χ2n) is 5.68. The minimum Gasteiger partial charge on any atom is -0.389 e. The molecule has 1 aromatic carbocycles. The average molecular weight is 260 g/mol. The molecule has 0 saturated heterocycles. The molecule has 2 rings (SSSR count). The number of benzene rings is 1. The van der Waals surface area contributed by atoms with Crippen molar-refractivity contribution < 1.29 is 5.11 Å². The van der Waals surface area contributed by atoms with Crippen molar-refractivity contribution in [2.45, 2.75) is 39.2 Å². The summed E-state index contributed by atoms with van der Waals surface area (Å²) in [5, 5.41) is 9.84. The van der Waals surface area contributed by atoms with Gasteiger partial charge in [0.15, 0.2) is 0 Å². The Bertz CT molecular complexity index is 532. The second-order valence-corrected chi connectivity index (χ2v) is 6.76. The van der Waals surface area contributed by atoms with Crippen molar-refractivity contribution >= 4 is 11.3 Å². The summed E-state index contributed by atoms with van der Waals surface area (Å²) in [5.74, 6) is 0. The molecule has 18 heavy (non-hydrogen) atoms. The molecule has 0 fully saturated rings. The van der Waals surface area contributed by atoms with Gasteiger partial charge >= 0.3 is 0 Å². The summed E-state index contributed by atoms with van der Waals surface area (Å²) in [7, 11) is 0. The van der Waals surface area contributed by atoms with Crippen LogP contribution in [0.2, 0.25) is 0 Å². The molecule has 0 aliphatic carbocycles. The Morgan fingerprint density at radius 3 is 2.28 bits per heavy atom. The van der Waals surface area contributed by atoms with Gasteiger partial charge in [0.25, 0.3) is 0 Å². The summed E-state index contributed by atoms with van der Waals surface area (Å²) < 4.78 is 0. The quantitative estimate of drug-likeness (QED) is 0.825. The predicted molar refractivity (Wildman–Crippen MR) is 79.1 cm³/mol. The van der Waals surface area contributed by atoms with Crippen molar-refractivity contribution in [2.75, 3.05) is 0 Å². The predicted octanol–water partition coefficient (Wildman–Crippen LogP) is 4.77. The maximum absolute atomic E-state index is 9.84. The number of thiophene rings is 1. The van der Waals surface area contributed by atoms with Crippen LogP contribution in [0.1, 0.15) is 44.2 Å². The second kappa shape index (κ2) is 4.87. The highest BCUT2D eigenvalue weighted by atomic mass is 32.1. The maximum Gasteiger partial charge on any atom is 0.0768 e. The standard InChI is InChI=1S/C16H20OS/c1-11(17)12-7-5-6-8-13(12)14-9-10-15(18-14)16(2,3)4/h5-11,17H,1-4H3/t11-/m0/s1. The van der Waals surface area contributed by atoms with Crippen molar-refractivity contribution in [1.29, 1.82) is 0 Å². The summed E-state index contributed by atoms with van der Waals surface area (Å²) in [6.45, 7) is 8.49. The molecule has 1 atom stereocenters. The van der Waals surface area contributed by atoms with Crippen LogP contribution in [-0.2, 0) is 5.41 Å². The van der Waals surface area contributed by atoms with E-state index < -0.39 is 6.10 Å². The first-order valence-corrected chi connectivity index (χ1v) is 7.09. The molecular weight excluding hydrogens is 240 g/mol. The molecule has 0 spiro atoms. The van der Waals surface area contributed by atoms with Gasteiger partial charge in [-0.2, -0.15) is 0 Å². The molecule has 0 bridgehead atoms. The molecule has 1 nitrogen and oxygen atoms in total. The van der Waals surface area contributed by atoms with Crippen LogP contribution in [-0.4, -0.2) is 5.11 Å². The number of aliphatic hydroxyl groups is 1. The number of rotatable bonds is 2. The van der Waals surface area contributed by atoms with Crippen LogP contribution in [0.3, 0.4) is 0 Å². The molecule has 1 N–H and O–H groups in total. The van der Waals surface area contributed by atoms with Crippen molar-refractivity contribution in [3.05, 3.63) is 46.8 Å². The van der Waals surface area contributed by atoms with Gasteiger partial charge in [0.05, 0.1) is 6.10 Å². The Balaban J connectivity index is 2.47. The van der Waals surface area contributed by atoms with E-state index in [1.54, 1.807) is 0 Å².